The standard InChI is InChI=1S/C36H39Cl2NO3.C22H28O3.C15H15Cl2N.CH4/c1-26-7-19-32(20-8-26)41-25-35(40)36(2,3)42-33-21-9-27(10-22-33)6-5-23-39(4)24-34(28-11-15-30(37)16-12-28)29-13-17-31(38)18-14-29;1-5-6-7-18-10-14-20(15-11-18)25-22(3,4)21(23)16-24-19-12-8-17(2)9-13-19;1-18-10-15(11-2-6-13(16)7-3-11)12-4-8-14(17)9-5-12;/h7-22,34H,5-6,23-25H2,1-4H3;8-15H,5-7,16H2,1-4H3;2-9,15,18H,10H2,1H3;1H4. The van der Waals surface area contributed by atoms with E-state index in [9.17, 15) is 9.59 Å². The molecule has 0 aliphatic heterocycles. The fourth-order valence-corrected chi connectivity index (χ4v) is 9.72. The zero-order valence-electron chi connectivity index (χ0n) is 50.6. The molecule has 456 valence electrons. The Kier molecular flexibility index (Phi) is 28.8. The molecule has 0 atom stereocenters. The van der Waals surface area contributed by atoms with Crippen LogP contribution in [0.4, 0.5) is 0 Å². The highest BCUT2D eigenvalue weighted by atomic mass is 35.5. The quantitative estimate of drug-likeness (QED) is 0.0545. The molecular formula is C74H86Cl4N2O6. The summed E-state index contributed by atoms with van der Waals surface area (Å²) in [5.74, 6) is 3.04. The number of rotatable bonds is 27. The molecule has 8 rings (SSSR count). The number of likely N-dealkylation sites (N-methyl/N-ethyl adjacent to an activating group) is 2. The maximum Gasteiger partial charge on any atom is 0.212 e. The molecule has 0 spiro atoms. The van der Waals surface area contributed by atoms with E-state index < -0.39 is 11.2 Å². The Morgan fingerprint density at radius 1 is 0.465 bits per heavy atom. The Bertz CT molecular complexity index is 3150. The van der Waals surface area contributed by atoms with E-state index in [1.165, 1.54) is 46.2 Å². The first-order valence-corrected chi connectivity index (χ1v) is 30.6. The van der Waals surface area contributed by atoms with E-state index in [-0.39, 0.29) is 38.1 Å². The van der Waals surface area contributed by atoms with Gasteiger partial charge in [0, 0.05) is 45.0 Å². The number of nitrogens with one attached hydrogen (secondary N) is 1. The molecule has 8 aromatic rings. The second-order valence-corrected chi connectivity index (χ2v) is 24.1. The third-order valence-corrected chi connectivity index (χ3v) is 15.5. The number of Topliss-reactive ketones (excluding diaryl/α,β-unsaturated/α-hetero) is 2. The van der Waals surface area contributed by atoms with Gasteiger partial charge in [0.05, 0.1) is 0 Å². The van der Waals surface area contributed by atoms with Crippen molar-refractivity contribution in [1.82, 2.24) is 10.2 Å². The maximum absolute atomic E-state index is 12.8. The van der Waals surface area contributed by atoms with Crippen molar-refractivity contribution in [2.45, 2.75) is 111 Å². The van der Waals surface area contributed by atoms with Crippen molar-refractivity contribution in [3.63, 3.8) is 0 Å². The molecule has 0 saturated carbocycles. The van der Waals surface area contributed by atoms with Crippen LogP contribution in [0.1, 0.15) is 118 Å². The Morgan fingerprint density at radius 3 is 1.10 bits per heavy atom. The molecule has 0 bridgehead atoms. The number of benzene rings is 8. The SMILES string of the molecule is C.CCCCc1ccc(OC(C)(C)C(=O)COc2ccc(C)cc2)cc1.CNCC(c1ccc(Cl)cc1)c1ccc(Cl)cc1.Cc1ccc(OCC(=O)C(C)(C)Oc2ccc(CCCN(C)CC(c3ccc(Cl)cc3)c3ccc(Cl)cc3)cc2)cc1. The topological polar surface area (TPSA) is 86.3 Å². The third kappa shape index (κ3) is 23.6. The van der Waals surface area contributed by atoms with Gasteiger partial charge in [-0.3, -0.25) is 9.59 Å². The molecule has 0 saturated heterocycles. The molecule has 0 aromatic heterocycles. The van der Waals surface area contributed by atoms with Crippen LogP contribution >= 0.6 is 46.4 Å². The molecule has 12 heteroatoms. The van der Waals surface area contributed by atoms with Gasteiger partial charge in [0.2, 0.25) is 11.6 Å². The number of carbonyl (C=O) groups excluding carboxylic acids is 2. The molecule has 0 radical (unpaired) electrons. The fourth-order valence-electron chi connectivity index (χ4n) is 9.22. The molecule has 8 nitrogen and oxygen atoms in total. The number of unbranched alkanes of at least 4 members (excludes halogenated alkanes) is 1. The summed E-state index contributed by atoms with van der Waals surface area (Å²) in [6.45, 7) is 16.0. The van der Waals surface area contributed by atoms with E-state index in [2.05, 4.69) is 97.0 Å². The van der Waals surface area contributed by atoms with Crippen LogP contribution in [0.2, 0.25) is 20.1 Å². The Labute approximate surface area is 533 Å². The third-order valence-electron chi connectivity index (χ3n) is 14.5. The monoisotopic (exact) mass is 1240 g/mol. The van der Waals surface area contributed by atoms with E-state index in [0.29, 0.717) is 28.9 Å². The van der Waals surface area contributed by atoms with Gasteiger partial charge in [0.15, 0.2) is 24.4 Å². The van der Waals surface area contributed by atoms with Crippen LogP contribution in [0.3, 0.4) is 0 Å². The normalized spacial score (nSPS) is 11.2. The molecule has 0 unspecified atom stereocenters. The number of hydrogen-bond donors (Lipinski definition) is 1. The second-order valence-electron chi connectivity index (χ2n) is 22.4. The molecule has 0 aliphatic carbocycles. The average Bonchev–Trinajstić information content (AvgIpc) is 3.54. The van der Waals surface area contributed by atoms with Crippen LogP contribution in [0.25, 0.3) is 0 Å². The number of ether oxygens (including phenoxy) is 4. The molecule has 0 aliphatic rings. The Morgan fingerprint density at radius 2 is 0.779 bits per heavy atom. The summed E-state index contributed by atoms with van der Waals surface area (Å²) in [5.41, 5.74) is 7.84. The molecule has 0 amide bonds. The Hall–Kier alpha value is -6.62. The molecule has 86 heavy (non-hydrogen) atoms. The number of hydrogen-bond acceptors (Lipinski definition) is 8. The van der Waals surface area contributed by atoms with E-state index >= 15 is 0 Å². The highest BCUT2D eigenvalue weighted by molar-refractivity contribution is 6.31. The van der Waals surface area contributed by atoms with Crippen molar-refractivity contribution in [2.24, 2.45) is 0 Å². The number of ketones is 2. The summed E-state index contributed by atoms with van der Waals surface area (Å²) in [6.07, 6.45) is 5.40. The summed E-state index contributed by atoms with van der Waals surface area (Å²) in [4.78, 5) is 27.6. The van der Waals surface area contributed by atoms with Crippen molar-refractivity contribution in [3.8, 4) is 23.0 Å². The summed E-state index contributed by atoms with van der Waals surface area (Å²) < 4.78 is 23.2. The summed E-state index contributed by atoms with van der Waals surface area (Å²) in [5, 5.41) is 6.23. The lowest BCUT2D eigenvalue weighted by Crippen LogP contribution is -2.41. The minimum atomic E-state index is -1.00. The zero-order valence-corrected chi connectivity index (χ0v) is 53.6. The van der Waals surface area contributed by atoms with E-state index in [1.807, 2.05) is 142 Å². The van der Waals surface area contributed by atoms with Crippen LogP contribution < -0.4 is 24.3 Å². The number of nitrogens with zero attached hydrogens (tertiary/aromatic N) is 1. The van der Waals surface area contributed by atoms with Gasteiger partial charge >= 0.3 is 0 Å². The first-order valence-electron chi connectivity index (χ1n) is 29.1. The van der Waals surface area contributed by atoms with Crippen molar-refractivity contribution < 1.29 is 28.5 Å². The average molecular weight is 1240 g/mol. The highest BCUT2D eigenvalue weighted by Crippen LogP contribution is 2.30. The van der Waals surface area contributed by atoms with E-state index in [0.717, 1.165) is 70.1 Å². The minimum absolute atomic E-state index is 0. The predicted octanol–water partition coefficient (Wildman–Crippen LogP) is 18.9. The van der Waals surface area contributed by atoms with Crippen LogP contribution in [0.5, 0.6) is 23.0 Å². The molecular weight excluding hydrogens is 1150 g/mol. The maximum atomic E-state index is 12.8. The van der Waals surface area contributed by atoms with Gasteiger partial charge in [-0.1, -0.05) is 175 Å². The lowest BCUT2D eigenvalue weighted by atomic mass is 9.91. The molecule has 1 N–H and O–H groups in total. The van der Waals surface area contributed by atoms with Gasteiger partial charge in [0.25, 0.3) is 0 Å². The van der Waals surface area contributed by atoms with Gasteiger partial charge in [-0.05, 0) is 218 Å². The fraction of sp³-hybridized carbons (Fsp3) is 0.324. The van der Waals surface area contributed by atoms with Crippen LogP contribution in [-0.4, -0.2) is 74.6 Å². The second kappa shape index (κ2) is 35.3. The van der Waals surface area contributed by atoms with Crippen LogP contribution in [0.15, 0.2) is 194 Å². The van der Waals surface area contributed by atoms with Gasteiger partial charge in [-0.15, -0.1) is 0 Å². The van der Waals surface area contributed by atoms with E-state index in [4.69, 9.17) is 65.4 Å². The molecule has 8 aromatic carbocycles. The van der Waals surface area contributed by atoms with Crippen molar-refractivity contribution in [3.05, 3.63) is 259 Å². The summed E-state index contributed by atoms with van der Waals surface area (Å²) >= 11 is 24.2. The van der Waals surface area contributed by atoms with Crippen molar-refractivity contribution >= 4 is 58.0 Å². The summed E-state index contributed by atoms with van der Waals surface area (Å²) in [6, 6.07) is 63.5. The smallest absolute Gasteiger partial charge is 0.212 e. The number of carbonyl (C=O) groups is 2. The summed E-state index contributed by atoms with van der Waals surface area (Å²) in [7, 11) is 4.12. The first kappa shape index (κ1) is 70.1. The molecule has 0 heterocycles. The minimum Gasteiger partial charge on any atom is -0.486 e. The van der Waals surface area contributed by atoms with E-state index in [1.54, 1.807) is 27.7 Å². The highest BCUT2D eigenvalue weighted by Gasteiger charge is 2.31. The molecule has 0 fully saturated rings. The van der Waals surface area contributed by atoms with Crippen LogP contribution in [-0.2, 0) is 22.4 Å². The van der Waals surface area contributed by atoms with Crippen molar-refractivity contribution in [2.75, 3.05) is 46.9 Å². The largest absolute Gasteiger partial charge is 0.486 e. The van der Waals surface area contributed by atoms with Gasteiger partial charge in [-0.2, -0.15) is 0 Å². The lowest BCUT2D eigenvalue weighted by molar-refractivity contribution is -0.134. The number of halogens is 4. The van der Waals surface area contributed by atoms with Gasteiger partial charge in [0.1, 0.15) is 23.0 Å². The van der Waals surface area contributed by atoms with Crippen LogP contribution in [0, 0.1) is 13.8 Å². The van der Waals surface area contributed by atoms with Gasteiger partial charge < -0.3 is 29.2 Å². The predicted molar refractivity (Wildman–Crippen MR) is 360 cm³/mol. The van der Waals surface area contributed by atoms with Gasteiger partial charge in [-0.25, -0.2) is 0 Å². The zero-order chi connectivity index (χ0) is 61.4. The Balaban J connectivity index is 0.000000259. The first-order chi connectivity index (χ1) is 40.7. The van der Waals surface area contributed by atoms with Crippen molar-refractivity contribution in [1.29, 1.82) is 0 Å². The number of aryl methyl sites for hydroxylation is 4. The lowest BCUT2D eigenvalue weighted by Gasteiger charge is -2.25.